The van der Waals surface area contributed by atoms with Crippen LogP contribution < -0.4 is 0 Å². The summed E-state index contributed by atoms with van der Waals surface area (Å²) in [6.45, 7) is 47.3. The number of hydrogen-bond donors (Lipinski definition) is 0. The Morgan fingerprint density at radius 1 is 1.00 bits per heavy atom. The summed E-state index contributed by atoms with van der Waals surface area (Å²) in [7, 11) is 0. The van der Waals surface area contributed by atoms with Crippen molar-refractivity contribution in [3.05, 3.63) is 156 Å². The molecular weight excluding hydrogens is 713 g/mol. The molecule has 0 spiro atoms. The van der Waals surface area contributed by atoms with Gasteiger partial charge < -0.3 is 0 Å². The van der Waals surface area contributed by atoms with E-state index in [4.69, 9.17) is 5.26 Å². The van der Waals surface area contributed by atoms with E-state index in [1.54, 1.807) is 6.08 Å². The summed E-state index contributed by atoms with van der Waals surface area (Å²) in [6, 6.07) is 14.5. The molecule has 3 heterocycles. The molecule has 4 rings (SSSR count). The molecule has 1 saturated heterocycles. The molecule has 1 fully saturated rings. The predicted octanol–water partition coefficient (Wildman–Crippen LogP) is 13.8. The van der Waals surface area contributed by atoms with Gasteiger partial charge in [0.25, 0.3) is 0 Å². The maximum absolute atomic E-state index is 8.84. The molecule has 5 unspecified atom stereocenters. The average Bonchev–Trinajstić information content (AvgIpc) is 3.66. The number of benzene rings is 1. The van der Waals surface area contributed by atoms with Gasteiger partial charge in [-0.25, -0.2) is 0 Å². The maximum Gasteiger partial charge on any atom is 0.0641 e. The van der Waals surface area contributed by atoms with Crippen molar-refractivity contribution >= 4 is 11.3 Å². The van der Waals surface area contributed by atoms with E-state index < -0.39 is 0 Å². The van der Waals surface area contributed by atoms with Crippen molar-refractivity contribution in [2.75, 3.05) is 39.3 Å². The Hall–Kier alpha value is -3.79. The van der Waals surface area contributed by atoms with Crippen molar-refractivity contribution in [1.29, 1.82) is 5.26 Å². The number of piperidine rings is 1. The van der Waals surface area contributed by atoms with Crippen molar-refractivity contribution in [3.63, 3.8) is 0 Å². The molecule has 0 aliphatic carbocycles. The molecule has 1 aromatic carbocycles. The Bertz CT molecular complexity index is 1620. The van der Waals surface area contributed by atoms with Crippen LogP contribution >= 0.6 is 11.3 Å². The predicted molar refractivity (Wildman–Crippen MR) is 255 cm³/mol. The summed E-state index contributed by atoms with van der Waals surface area (Å²) in [5, 5.41) is 11.1. The van der Waals surface area contributed by atoms with Crippen LogP contribution in [0, 0.1) is 30.1 Å². The van der Waals surface area contributed by atoms with Crippen LogP contribution in [0.4, 0.5) is 0 Å². The quantitative estimate of drug-likeness (QED) is 0.111. The molecule has 57 heavy (non-hydrogen) atoms. The minimum Gasteiger partial charge on any atom is -0.295 e. The molecule has 0 N–H and O–H groups in total. The van der Waals surface area contributed by atoms with Gasteiger partial charge in [-0.15, -0.1) is 31.1 Å². The topological polar surface area (TPSA) is 33.5 Å². The zero-order chi connectivity index (χ0) is 42.8. The van der Waals surface area contributed by atoms with E-state index in [-0.39, 0.29) is 6.04 Å². The van der Waals surface area contributed by atoms with E-state index in [9.17, 15) is 0 Å². The summed E-state index contributed by atoms with van der Waals surface area (Å²) in [5.41, 5.74) is 8.04. The normalized spacial score (nSPS) is 19.1. The molecule has 0 amide bonds. The van der Waals surface area contributed by atoms with Gasteiger partial charge in [-0.2, -0.15) is 5.26 Å². The first-order valence-corrected chi connectivity index (χ1v) is 22.3. The van der Waals surface area contributed by atoms with Gasteiger partial charge in [0.05, 0.1) is 24.6 Å². The van der Waals surface area contributed by atoms with Gasteiger partial charge in [0.1, 0.15) is 0 Å². The van der Waals surface area contributed by atoms with Crippen molar-refractivity contribution in [1.82, 2.24) is 14.7 Å². The van der Waals surface area contributed by atoms with Crippen molar-refractivity contribution in [3.8, 4) is 6.07 Å². The van der Waals surface area contributed by atoms with Crippen LogP contribution in [0.1, 0.15) is 114 Å². The largest absolute Gasteiger partial charge is 0.295 e. The fourth-order valence-corrected chi connectivity index (χ4v) is 9.10. The number of aryl methyl sites for hydroxylation is 1. The van der Waals surface area contributed by atoms with Crippen LogP contribution in [0.5, 0.6) is 0 Å². The zero-order valence-electron chi connectivity index (χ0n) is 37.3. The van der Waals surface area contributed by atoms with E-state index >= 15 is 0 Å². The lowest BCUT2D eigenvalue weighted by Gasteiger charge is -2.37. The molecule has 2 aromatic rings. The first kappa shape index (κ1) is 51.2. The number of thiophene rings is 1. The lowest BCUT2D eigenvalue weighted by atomic mass is 9.88. The SMILES string of the molecule is C=C/C=C(\C)C1c2ccccc2CCN1CC.C=C/C=C1\C(=C)CCN(CC)C1CC#N.C=CCCC(C)CN(CC)C(c1cc(C)cs1)C(C=C)CC=C.CC. The van der Waals surface area contributed by atoms with Crippen molar-refractivity contribution in [2.24, 2.45) is 11.8 Å². The monoisotopic (exact) mass is 791 g/mol. The van der Waals surface area contributed by atoms with Crippen LogP contribution in [-0.2, 0) is 6.42 Å². The number of nitriles is 1. The minimum absolute atomic E-state index is 0.208. The first-order chi connectivity index (χ1) is 27.6. The Morgan fingerprint density at radius 3 is 2.23 bits per heavy atom. The Kier molecular flexibility index (Phi) is 26.4. The molecule has 5 heteroatoms. The number of fused-ring (bicyclic) bond motifs is 1. The second-order valence-corrected chi connectivity index (χ2v) is 15.7. The molecule has 5 atom stereocenters. The lowest BCUT2D eigenvalue weighted by Crippen LogP contribution is -2.41. The molecule has 312 valence electrons. The van der Waals surface area contributed by atoms with Crippen LogP contribution in [0.15, 0.2) is 134 Å². The molecule has 4 nitrogen and oxygen atoms in total. The summed E-state index contributed by atoms with van der Waals surface area (Å²) >= 11 is 1.88. The highest BCUT2D eigenvalue weighted by atomic mass is 32.1. The molecule has 2 aliphatic rings. The van der Waals surface area contributed by atoms with E-state index in [1.807, 2.05) is 49.5 Å². The van der Waals surface area contributed by atoms with Crippen molar-refractivity contribution < 1.29 is 0 Å². The molecule has 2 aliphatic heterocycles. The number of hydrogen-bond acceptors (Lipinski definition) is 5. The highest BCUT2D eigenvalue weighted by molar-refractivity contribution is 7.10. The minimum atomic E-state index is 0.208. The van der Waals surface area contributed by atoms with Gasteiger partial charge >= 0.3 is 0 Å². The Balaban J connectivity index is 0.000000428. The number of likely N-dealkylation sites (tertiary alicyclic amines) is 1. The van der Waals surface area contributed by atoms with Crippen LogP contribution in [0.25, 0.3) is 0 Å². The van der Waals surface area contributed by atoms with Gasteiger partial charge in [-0.1, -0.05) is 134 Å². The van der Waals surface area contributed by atoms with Gasteiger partial charge in [-0.05, 0) is 111 Å². The van der Waals surface area contributed by atoms with Gasteiger partial charge in [0, 0.05) is 36.5 Å². The van der Waals surface area contributed by atoms with Crippen LogP contribution in [0.3, 0.4) is 0 Å². The third-order valence-corrected chi connectivity index (χ3v) is 12.0. The van der Waals surface area contributed by atoms with Crippen LogP contribution in [0.2, 0.25) is 0 Å². The average molecular weight is 791 g/mol. The lowest BCUT2D eigenvalue weighted by molar-refractivity contribution is 0.147. The third-order valence-electron chi connectivity index (χ3n) is 10.9. The highest BCUT2D eigenvalue weighted by Gasteiger charge is 2.29. The molecular formula is C52H78N4S. The van der Waals surface area contributed by atoms with E-state index in [2.05, 4.69) is 150 Å². The first-order valence-electron chi connectivity index (χ1n) is 21.4. The maximum atomic E-state index is 8.84. The Labute approximate surface area is 355 Å². The second kappa shape index (κ2) is 29.4. The highest BCUT2D eigenvalue weighted by Crippen LogP contribution is 2.37. The number of allylic oxidation sites excluding steroid dienone is 6. The second-order valence-electron chi connectivity index (χ2n) is 14.8. The third kappa shape index (κ3) is 16.2. The Morgan fingerprint density at radius 2 is 1.68 bits per heavy atom. The number of rotatable bonds is 18. The summed E-state index contributed by atoms with van der Waals surface area (Å²) in [6.07, 6.45) is 19.9. The molecule has 0 saturated carbocycles. The smallest absolute Gasteiger partial charge is 0.0641 e. The molecule has 0 radical (unpaired) electrons. The standard InChI is InChI=1S/C21H33NS.C16H21N.C13H18N2.C2H6/c1-7-11-13-17(5)15-22(10-4)21(19(9-3)12-8-2)20-14-18(6)16-23-20;1-4-8-13(3)16-15-10-7-6-9-14(15)11-12-17(16)5-2;1-4-6-12-11(3)8-10-15(5-2)13(12)7-9-14;1-2/h7-9,14,16-17,19,21H,1-3,10-13,15H2,4-6H3;4,6-10,16H,1,5,11-12H2,2-3H3;4,6,13H,1,3,5,7-8,10H2,2H3;1-2H3/b;13-8+;12-6+;. The summed E-state index contributed by atoms with van der Waals surface area (Å²) in [4.78, 5) is 8.94. The molecule has 0 bridgehead atoms. The van der Waals surface area contributed by atoms with Gasteiger partial charge in [0.2, 0.25) is 0 Å². The van der Waals surface area contributed by atoms with Gasteiger partial charge in [-0.3, -0.25) is 14.7 Å². The fraction of sp³-hybridized carbons (Fsp3) is 0.481. The van der Waals surface area contributed by atoms with E-state index in [0.29, 0.717) is 30.3 Å². The van der Waals surface area contributed by atoms with Gasteiger partial charge in [0.15, 0.2) is 0 Å². The summed E-state index contributed by atoms with van der Waals surface area (Å²) < 4.78 is 0. The van der Waals surface area contributed by atoms with E-state index in [0.717, 1.165) is 64.1 Å². The zero-order valence-corrected chi connectivity index (χ0v) is 38.1. The fourth-order valence-electron chi connectivity index (χ4n) is 7.99. The van der Waals surface area contributed by atoms with Crippen molar-refractivity contribution in [2.45, 2.75) is 112 Å². The molecule has 1 aromatic heterocycles. The van der Waals surface area contributed by atoms with Crippen LogP contribution in [-0.4, -0.2) is 60.0 Å². The number of likely N-dealkylation sites (N-methyl/N-ethyl adjacent to an activating group) is 2. The summed E-state index contributed by atoms with van der Waals surface area (Å²) in [5.74, 6) is 1.09. The van der Waals surface area contributed by atoms with E-state index in [1.165, 1.54) is 45.6 Å². The number of nitrogens with zero attached hydrogens (tertiary/aromatic N) is 4.